The van der Waals surface area contributed by atoms with Gasteiger partial charge in [-0.3, -0.25) is 14.8 Å². The fourth-order valence-electron chi connectivity index (χ4n) is 2.74. The number of nitrogens with zero attached hydrogens (tertiary/aromatic N) is 4. The molecule has 0 spiro atoms. The third kappa shape index (κ3) is 4.02. The summed E-state index contributed by atoms with van der Waals surface area (Å²) in [5.74, 6) is 0.671. The molecule has 0 radical (unpaired) electrons. The summed E-state index contributed by atoms with van der Waals surface area (Å²) < 4.78 is 5.09. The minimum Gasteiger partial charge on any atom is -0.481 e. The summed E-state index contributed by atoms with van der Waals surface area (Å²) in [6.07, 6.45) is 5.68. The summed E-state index contributed by atoms with van der Waals surface area (Å²) in [4.78, 5) is 13.4. The van der Waals surface area contributed by atoms with Gasteiger partial charge in [0.1, 0.15) is 0 Å². The van der Waals surface area contributed by atoms with E-state index in [4.69, 9.17) is 4.74 Å². The third-order valence-corrected chi connectivity index (χ3v) is 4.01. The Morgan fingerprint density at radius 3 is 2.14 bits per heavy atom. The summed E-state index contributed by atoms with van der Waals surface area (Å²) in [5.41, 5.74) is 2.52. The Bertz CT molecular complexity index is 565. The standard InChI is InChI=1S/C17H22N4O/c1-22-17-5-4-16(12-19-17)14-21-9-7-20(8-10-21)13-15-3-2-6-18-11-15/h2-6,11-12H,7-10,13-14H2,1H3. The second-order valence-electron chi connectivity index (χ2n) is 5.62. The van der Waals surface area contributed by atoms with Gasteiger partial charge in [0.05, 0.1) is 7.11 Å². The summed E-state index contributed by atoms with van der Waals surface area (Å²) in [7, 11) is 1.64. The number of pyridine rings is 2. The zero-order valence-corrected chi connectivity index (χ0v) is 13.0. The summed E-state index contributed by atoms with van der Waals surface area (Å²) >= 11 is 0. The Kier molecular flexibility index (Phi) is 4.98. The Hall–Kier alpha value is -1.98. The van der Waals surface area contributed by atoms with Crippen LogP contribution < -0.4 is 4.74 Å². The van der Waals surface area contributed by atoms with Crippen molar-refractivity contribution in [3.63, 3.8) is 0 Å². The zero-order chi connectivity index (χ0) is 15.2. The van der Waals surface area contributed by atoms with Crippen LogP contribution in [-0.2, 0) is 13.1 Å². The van der Waals surface area contributed by atoms with Crippen molar-refractivity contribution in [1.29, 1.82) is 0 Å². The predicted molar refractivity (Wildman–Crippen MR) is 85.6 cm³/mol. The first-order valence-corrected chi connectivity index (χ1v) is 7.66. The number of aromatic nitrogens is 2. The quantitative estimate of drug-likeness (QED) is 0.842. The molecule has 1 aliphatic rings. The maximum Gasteiger partial charge on any atom is 0.212 e. The van der Waals surface area contributed by atoms with Gasteiger partial charge < -0.3 is 4.74 Å². The van der Waals surface area contributed by atoms with Crippen molar-refractivity contribution in [3.8, 4) is 5.88 Å². The number of piperazine rings is 1. The van der Waals surface area contributed by atoms with E-state index in [1.165, 1.54) is 11.1 Å². The smallest absolute Gasteiger partial charge is 0.212 e. The summed E-state index contributed by atoms with van der Waals surface area (Å²) in [6.45, 7) is 6.32. The highest BCUT2D eigenvalue weighted by Gasteiger charge is 2.17. The molecule has 0 N–H and O–H groups in total. The topological polar surface area (TPSA) is 41.5 Å². The van der Waals surface area contributed by atoms with Crippen molar-refractivity contribution in [2.75, 3.05) is 33.3 Å². The molecule has 0 aliphatic carbocycles. The van der Waals surface area contributed by atoms with Gasteiger partial charge in [0.25, 0.3) is 0 Å². The molecule has 1 aliphatic heterocycles. The van der Waals surface area contributed by atoms with Gasteiger partial charge in [-0.15, -0.1) is 0 Å². The van der Waals surface area contributed by atoms with Crippen LogP contribution in [0.4, 0.5) is 0 Å². The molecule has 0 unspecified atom stereocenters. The average Bonchev–Trinajstić information content (AvgIpc) is 2.58. The van der Waals surface area contributed by atoms with Crippen molar-refractivity contribution in [3.05, 3.63) is 54.0 Å². The molecule has 3 heterocycles. The molecule has 2 aromatic rings. The number of hydrogen-bond acceptors (Lipinski definition) is 5. The average molecular weight is 298 g/mol. The maximum absolute atomic E-state index is 5.09. The Balaban J connectivity index is 1.47. The molecular weight excluding hydrogens is 276 g/mol. The first-order chi connectivity index (χ1) is 10.8. The molecule has 1 fully saturated rings. The van der Waals surface area contributed by atoms with Crippen molar-refractivity contribution >= 4 is 0 Å². The molecule has 5 nitrogen and oxygen atoms in total. The zero-order valence-electron chi connectivity index (χ0n) is 13.0. The first kappa shape index (κ1) is 14.9. The molecule has 0 saturated carbocycles. The highest BCUT2D eigenvalue weighted by atomic mass is 16.5. The van der Waals surface area contributed by atoms with Gasteiger partial charge in [0, 0.05) is 63.9 Å². The van der Waals surface area contributed by atoms with E-state index >= 15 is 0 Å². The molecule has 2 aromatic heterocycles. The first-order valence-electron chi connectivity index (χ1n) is 7.66. The fourth-order valence-corrected chi connectivity index (χ4v) is 2.74. The Labute approximate surface area is 131 Å². The van der Waals surface area contributed by atoms with Crippen LogP contribution in [0.5, 0.6) is 5.88 Å². The predicted octanol–water partition coefficient (Wildman–Crippen LogP) is 1.80. The van der Waals surface area contributed by atoms with Crippen molar-refractivity contribution in [2.45, 2.75) is 13.1 Å². The summed E-state index contributed by atoms with van der Waals surface area (Å²) in [6, 6.07) is 8.16. The third-order valence-electron chi connectivity index (χ3n) is 4.01. The van der Waals surface area contributed by atoms with E-state index in [9.17, 15) is 0 Å². The number of rotatable bonds is 5. The van der Waals surface area contributed by atoms with Gasteiger partial charge in [-0.25, -0.2) is 4.98 Å². The summed E-state index contributed by atoms with van der Waals surface area (Å²) in [5, 5.41) is 0. The van der Waals surface area contributed by atoms with Gasteiger partial charge in [-0.2, -0.15) is 0 Å². The van der Waals surface area contributed by atoms with E-state index in [2.05, 4.69) is 31.9 Å². The van der Waals surface area contributed by atoms with Gasteiger partial charge in [-0.1, -0.05) is 12.1 Å². The molecule has 5 heteroatoms. The molecule has 22 heavy (non-hydrogen) atoms. The van der Waals surface area contributed by atoms with Crippen LogP contribution in [0.2, 0.25) is 0 Å². The lowest BCUT2D eigenvalue weighted by Gasteiger charge is -2.34. The van der Waals surface area contributed by atoms with E-state index < -0.39 is 0 Å². The SMILES string of the molecule is COc1ccc(CN2CCN(Cc3cccnc3)CC2)cn1. The number of ether oxygens (including phenoxy) is 1. The lowest BCUT2D eigenvalue weighted by Crippen LogP contribution is -2.45. The molecule has 0 amide bonds. The minimum absolute atomic E-state index is 0.671. The Morgan fingerprint density at radius 1 is 0.955 bits per heavy atom. The number of methoxy groups -OCH3 is 1. The molecule has 116 valence electrons. The van der Waals surface area contributed by atoms with E-state index in [-0.39, 0.29) is 0 Å². The number of hydrogen-bond donors (Lipinski definition) is 0. The molecular formula is C17H22N4O. The van der Waals surface area contributed by atoms with Crippen molar-refractivity contribution < 1.29 is 4.74 Å². The largest absolute Gasteiger partial charge is 0.481 e. The van der Waals surface area contributed by atoms with Crippen LogP contribution in [0.1, 0.15) is 11.1 Å². The lowest BCUT2D eigenvalue weighted by molar-refractivity contribution is 0.122. The van der Waals surface area contributed by atoms with Crippen LogP contribution in [0.15, 0.2) is 42.9 Å². The van der Waals surface area contributed by atoms with Crippen LogP contribution in [0.3, 0.4) is 0 Å². The highest BCUT2D eigenvalue weighted by Crippen LogP contribution is 2.12. The van der Waals surface area contributed by atoms with Crippen LogP contribution in [0, 0.1) is 0 Å². The second-order valence-corrected chi connectivity index (χ2v) is 5.62. The van der Waals surface area contributed by atoms with Crippen molar-refractivity contribution in [2.24, 2.45) is 0 Å². The lowest BCUT2D eigenvalue weighted by atomic mass is 10.2. The van der Waals surface area contributed by atoms with Crippen molar-refractivity contribution in [1.82, 2.24) is 19.8 Å². The highest BCUT2D eigenvalue weighted by molar-refractivity contribution is 5.17. The fraction of sp³-hybridized carbons (Fsp3) is 0.412. The molecule has 0 bridgehead atoms. The molecule has 0 aromatic carbocycles. The minimum atomic E-state index is 0.671. The molecule has 0 atom stereocenters. The van der Waals surface area contributed by atoms with E-state index in [1.807, 2.05) is 30.7 Å². The second kappa shape index (κ2) is 7.33. The van der Waals surface area contributed by atoms with Crippen LogP contribution in [0.25, 0.3) is 0 Å². The van der Waals surface area contributed by atoms with Gasteiger partial charge in [0.15, 0.2) is 0 Å². The van der Waals surface area contributed by atoms with E-state index in [0.29, 0.717) is 5.88 Å². The van der Waals surface area contributed by atoms with Gasteiger partial charge >= 0.3 is 0 Å². The van der Waals surface area contributed by atoms with E-state index in [0.717, 1.165) is 39.3 Å². The van der Waals surface area contributed by atoms with Crippen LogP contribution >= 0.6 is 0 Å². The normalized spacial score (nSPS) is 16.6. The van der Waals surface area contributed by atoms with Gasteiger partial charge in [-0.05, 0) is 17.2 Å². The van der Waals surface area contributed by atoms with E-state index in [1.54, 1.807) is 7.11 Å². The van der Waals surface area contributed by atoms with Crippen LogP contribution in [-0.4, -0.2) is 53.1 Å². The maximum atomic E-state index is 5.09. The Morgan fingerprint density at radius 2 is 1.64 bits per heavy atom. The monoisotopic (exact) mass is 298 g/mol. The molecule has 1 saturated heterocycles. The molecule has 3 rings (SSSR count). The van der Waals surface area contributed by atoms with Gasteiger partial charge in [0.2, 0.25) is 5.88 Å².